The van der Waals surface area contributed by atoms with E-state index in [0.29, 0.717) is 22.0 Å². The molecule has 32 heavy (non-hydrogen) atoms. The standard InChI is InChI=1S/C23H22N6O2S/c1-14-4-9-20(15(2)10-14)29-22-19(11-26-29)23(25-13-24-22)32-12-21(31)28-18-7-5-17(6-8-18)27-16(3)30/h4-11,13H,12H2,1-3H3,(H,27,30)(H,28,31). The number of nitrogens with one attached hydrogen (secondary N) is 2. The summed E-state index contributed by atoms with van der Waals surface area (Å²) in [5, 5.41) is 11.5. The van der Waals surface area contributed by atoms with Crippen LogP contribution in [0.1, 0.15) is 18.1 Å². The van der Waals surface area contributed by atoms with Gasteiger partial charge in [-0.15, -0.1) is 0 Å². The van der Waals surface area contributed by atoms with E-state index in [1.165, 1.54) is 30.6 Å². The minimum atomic E-state index is -0.157. The van der Waals surface area contributed by atoms with Gasteiger partial charge in [0.25, 0.3) is 0 Å². The van der Waals surface area contributed by atoms with Crippen LogP contribution in [0.4, 0.5) is 11.4 Å². The Kier molecular flexibility index (Phi) is 6.18. The van der Waals surface area contributed by atoms with Crippen molar-refractivity contribution >= 4 is 46.0 Å². The molecule has 0 bridgehead atoms. The highest BCUT2D eigenvalue weighted by Crippen LogP contribution is 2.27. The van der Waals surface area contributed by atoms with Crippen molar-refractivity contribution in [2.24, 2.45) is 0 Å². The normalized spacial score (nSPS) is 10.8. The van der Waals surface area contributed by atoms with Crippen LogP contribution in [-0.2, 0) is 9.59 Å². The van der Waals surface area contributed by atoms with E-state index >= 15 is 0 Å². The van der Waals surface area contributed by atoms with Gasteiger partial charge in [0.05, 0.1) is 23.0 Å². The molecule has 0 saturated carbocycles. The first kappa shape index (κ1) is 21.5. The number of carbonyl (C=O) groups is 2. The Bertz CT molecular complexity index is 1300. The van der Waals surface area contributed by atoms with Crippen LogP contribution in [-0.4, -0.2) is 37.3 Å². The maximum atomic E-state index is 12.4. The molecule has 2 N–H and O–H groups in total. The molecular formula is C23H22N6O2S. The highest BCUT2D eigenvalue weighted by atomic mass is 32.2. The van der Waals surface area contributed by atoms with Crippen LogP contribution < -0.4 is 10.6 Å². The Morgan fingerprint density at radius 1 is 1.00 bits per heavy atom. The molecule has 0 spiro atoms. The number of nitrogens with zero attached hydrogens (tertiary/aromatic N) is 4. The Balaban J connectivity index is 1.46. The van der Waals surface area contributed by atoms with Crippen LogP contribution in [0.2, 0.25) is 0 Å². The zero-order valence-corrected chi connectivity index (χ0v) is 18.7. The van der Waals surface area contributed by atoms with Crippen LogP contribution in [0.15, 0.2) is 60.0 Å². The van der Waals surface area contributed by atoms with Crippen molar-refractivity contribution in [3.8, 4) is 5.69 Å². The molecule has 2 aromatic heterocycles. The van der Waals surface area contributed by atoms with Gasteiger partial charge in [-0.05, 0) is 49.7 Å². The second-order valence-corrected chi connectivity index (χ2v) is 8.32. The van der Waals surface area contributed by atoms with Gasteiger partial charge >= 0.3 is 0 Å². The lowest BCUT2D eigenvalue weighted by Gasteiger charge is -2.08. The molecule has 0 atom stereocenters. The van der Waals surface area contributed by atoms with Gasteiger partial charge in [0, 0.05) is 18.3 Å². The van der Waals surface area contributed by atoms with Crippen molar-refractivity contribution in [3.63, 3.8) is 0 Å². The van der Waals surface area contributed by atoms with E-state index in [9.17, 15) is 9.59 Å². The summed E-state index contributed by atoms with van der Waals surface area (Å²) in [5.74, 6) is -0.111. The van der Waals surface area contributed by atoms with Gasteiger partial charge in [0.2, 0.25) is 11.8 Å². The number of aryl methyl sites for hydroxylation is 2. The fraction of sp³-hybridized carbons (Fsp3) is 0.174. The highest BCUT2D eigenvalue weighted by Gasteiger charge is 2.14. The van der Waals surface area contributed by atoms with Crippen molar-refractivity contribution in [3.05, 3.63) is 66.1 Å². The molecule has 2 amide bonds. The van der Waals surface area contributed by atoms with E-state index in [0.717, 1.165) is 16.6 Å². The quantitative estimate of drug-likeness (QED) is 0.341. The number of fused-ring (bicyclic) bond motifs is 1. The lowest BCUT2D eigenvalue weighted by molar-refractivity contribution is -0.114. The topological polar surface area (TPSA) is 102 Å². The molecule has 0 aliphatic heterocycles. The zero-order chi connectivity index (χ0) is 22.7. The molecule has 9 heteroatoms. The van der Waals surface area contributed by atoms with Crippen LogP contribution in [0.5, 0.6) is 0 Å². The van der Waals surface area contributed by atoms with Crippen molar-refractivity contribution in [2.75, 3.05) is 16.4 Å². The average molecular weight is 447 g/mol. The molecule has 4 aromatic rings. The van der Waals surface area contributed by atoms with Crippen molar-refractivity contribution in [1.82, 2.24) is 19.7 Å². The SMILES string of the molecule is CC(=O)Nc1ccc(NC(=O)CSc2ncnc3c2cnn3-c2ccc(C)cc2C)cc1. The summed E-state index contributed by atoms with van der Waals surface area (Å²) in [4.78, 5) is 32.3. The number of aromatic nitrogens is 4. The summed E-state index contributed by atoms with van der Waals surface area (Å²) < 4.78 is 1.80. The first-order valence-electron chi connectivity index (χ1n) is 9.97. The molecule has 2 aromatic carbocycles. The van der Waals surface area contributed by atoms with E-state index in [-0.39, 0.29) is 17.6 Å². The average Bonchev–Trinajstić information content (AvgIpc) is 3.18. The van der Waals surface area contributed by atoms with Crippen LogP contribution in [0.3, 0.4) is 0 Å². The predicted octanol–water partition coefficient (Wildman–Crippen LogP) is 4.12. The summed E-state index contributed by atoms with van der Waals surface area (Å²) in [6.45, 7) is 5.54. The number of hydrogen-bond donors (Lipinski definition) is 2. The lowest BCUT2D eigenvalue weighted by atomic mass is 10.1. The third-order valence-corrected chi connectivity index (χ3v) is 5.74. The molecular weight excluding hydrogens is 424 g/mol. The van der Waals surface area contributed by atoms with Gasteiger partial charge in [-0.2, -0.15) is 5.10 Å². The zero-order valence-electron chi connectivity index (χ0n) is 17.9. The van der Waals surface area contributed by atoms with Gasteiger partial charge < -0.3 is 10.6 Å². The van der Waals surface area contributed by atoms with E-state index in [4.69, 9.17) is 0 Å². The summed E-state index contributed by atoms with van der Waals surface area (Å²) >= 11 is 1.33. The Hall–Kier alpha value is -3.72. The lowest BCUT2D eigenvalue weighted by Crippen LogP contribution is -2.14. The predicted molar refractivity (Wildman–Crippen MR) is 126 cm³/mol. The summed E-state index contributed by atoms with van der Waals surface area (Å²) in [6.07, 6.45) is 3.22. The maximum Gasteiger partial charge on any atom is 0.234 e. The minimum Gasteiger partial charge on any atom is -0.326 e. The van der Waals surface area contributed by atoms with Crippen LogP contribution in [0.25, 0.3) is 16.7 Å². The summed E-state index contributed by atoms with van der Waals surface area (Å²) in [7, 11) is 0. The van der Waals surface area contributed by atoms with Crippen LogP contribution >= 0.6 is 11.8 Å². The summed E-state index contributed by atoms with van der Waals surface area (Å²) in [6, 6.07) is 13.1. The number of amides is 2. The van der Waals surface area contributed by atoms with Crippen molar-refractivity contribution < 1.29 is 9.59 Å². The molecule has 0 unspecified atom stereocenters. The van der Waals surface area contributed by atoms with Crippen molar-refractivity contribution in [1.29, 1.82) is 0 Å². The van der Waals surface area contributed by atoms with Crippen LogP contribution in [0, 0.1) is 13.8 Å². The molecule has 8 nitrogen and oxygen atoms in total. The fourth-order valence-electron chi connectivity index (χ4n) is 3.33. The molecule has 162 valence electrons. The largest absolute Gasteiger partial charge is 0.326 e. The number of anilines is 2. The van der Waals surface area contributed by atoms with E-state index in [1.54, 1.807) is 35.1 Å². The minimum absolute atomic E-state index is 0.143. The van der Waals surface area contributed by atoms with Gasteiger partial charge in [-0.25, -0.2) is 14.6 Å². The first-order chi connectivity index (χ1) is 15.4. The Morgan fingerprint density at radius 3 is 2.41 bits per heavy atom. The van der Waals surface area contributed by atoms with Gasteiger partial charge in [-0.3, -0.25) is 9.59 Å². The number of carbonyl (C=O) groups excluding carboxylic acids is 2. The first-order valence-corrected chi connectivity index (χ1v) is 11.0. The highest BCUT2D eigenvalue weighted by molar-refractivity contribution is 8.00. The monoisotopic (exact) mass is 446 g/mol. The molecule has 0 aliphatic carbocycles. The van der Waals surface area contributed by atoms with E-state index < -0.39 is 0 Å². The number of hydrogen-bond acceptors (Lipinski definition) is 6. The van der Waals surface area contributed by atoms with E-state index in [2.05, 4.69) is 38.7 Å². The number of benzene rings is 2. The second kappa shape index (κ2) is 9.19. The van der Waals surface area contributed by atoms with E-state index in [1.807, 2.05) is 19.1 Å². The Labute approximate surface area is 189 Å². The second-order valence-electron chi connectivity index (χ2n) is 7.36. The number of rotatable bonds is 6. The smallest absolute Gasteiger partial charge is 0.234 e. The van der Waals surface area contributed by atoms with Crippen molar-refractivity contribution in [2.45, 2.75) is 25.8 Å². The Morgan fingerprint density at radius 2 is 1.72 bits per heavy atom. The molecule has 2 heterocycles. The molecule has 0 aliphatic rings. The van der Waals surface area contributed by atoms with Gasteiger partial charge in [-0.1, -0.05) is 29.5 Å². The maximum absolute atomic E-state index is 12.4. The molecule has 0 saturated heterocycles. The van der Waals surface area contributed by atoms with Gasteiger partial charge in [0.15, 0.2) is 5.65 Å². The molecule has 4 rings (SSSR count). The molecule has 0 fully saturated rings. The third kappa shape index (κ3) is 4.78. The summed E-state index contributed by atoms with van der Waals surface area (Å²) in [5.41, 5.74) is 5.27. The number of thioether (sulfide) groups is 1. The fourth-order valence-corrected chi connectivity index (χ4v) is 4.09. The third-order valence-electron chi connectivity index (χ3n) is 4.74. The molecule has 0 radical (unpaired) electrons. The van der Waals surface area contributed by atoms with Gasteiger partial charge in [0.1, 0.15) is 11.4 Å².